The third-order valence-corrected chi connectivity index (χ3v) is 4.71. The summed E-state index contributed by atoms with van der Waals surface area (Å²) >= 11 is 1.66. The Balaban J connectivity index is 1.98. The number of fused-ring (bicyclic) bond motifs is 1. The average Bonchev–Trinajstić information content (AvgIpc) is 2.95. The Morgan fingerprint density at radius 2 is 2.00 bits per heavy atom. The van der Waals surface area contributed by atoms with Crippen LogP contribution in [0.4, 0.5) is 8.78 Å². The molecule has 2 nitrogen and oxygen atoms in total. The minimum Gasteiger partial charge on any atom is -0.305 e. The molecule has 0 saturated heterocycles. The number of benzene rings is 1. The third-order valence-electron chi connectivity index (χ3n) is 3.49. The van der Waals surface area contributed by atoms with E-state index >= 15 is 0 Å². The lowest BCUT2D eigenvalue weighted by Gasteiger charge is -2.16. The summed E-state index contributed by atoms with van der Waals surface area (Å²) in [7, 11) is 0. The maximum absolute atomic E-state index is 13.4. The van der Waals surface area contributed by atoms with E-state index in [-0.39, 0.29) is 6.04 Å². The minimum atomic E-state index is -0.549. The van der Waals surface area contributed by atoms with E-state index < -0.39 is 11.6 Å². The fourth-order valence-electron chi connectivity index (χ4n) is 2.63. The maximum atomic E-state index is 13.4. The zero-order chi connectivity index (χ0) is 14.1. The minimum absolute atomic E-state index is 0.235. The van der Waals surface area contributed by atoms with Crippen LogP contribution in [0.3, 0.4) is 0 Å². The van der Waals surface area contributed by atoms with Crippen LogP contribution >= 0.6 is 11.3 Å². The monoisotopic (exact) mass is 294 g/mol. The molecule has 5 heteroatoms. The zero-order valence-electron chi connectivity index (χ0n) is 11.2. The first-order valence-electron chi connectivity index (χ1n) is 6.85. The van der Waals surface area contributed by atoms with Crippen molar-refractivity contribution in [2.24, 2.45) is 0 Å². The normalized spacial score (nSPS) is 15.3. The highest BCUT2D eigenvalue weighted by molar-refractivity contribution is 7.11. The number of hydrogen-bond donors (Lipinski definition) is 1. The Morgan fingerprint density at radius 3 is 2.65 bits per heavy atom. The van der Waals surface area contributed by atoms with Gasteiger partial charge in [-0.3, -0.25) is 0 Å². The zero-order valence-corrected chi connectivity index (χ0v) is 12.1. The van der Waals surface area contributed by atoms with Gasteiger partial charge in [-0.25, -0.2) is 13.8 Å². The predicted octanol–water partition coefficient (Wildman–Crippen LogP) is 3.61. The second-order valence-electron chi connectivity index (χ2n) is 4.97. The van der Waals surface area contributed by atoms with Gasteiger partial charge in [0.1, 0.15) is 16.6 Å². The van der Waals surface area contributed by atoms with Gasteiger partial charge in [0.15, 0.2) is 0 Å². The van der Waals surface area contributed by atoms with Gasteiger partial charge in [-0.05, 0) is 43.5 Å². The Morgan fingerprint density at radius 1 is 1.25 bits per heavy atom. The number of aromatic nitrogens is 1. The molecule has 0 bridgehead atoms. The number of halogens is 2. The van der Waals surface area contributed by atoms with Crippen molar-refractivity contribution >= 4 is 11.3 Å². The van der Waals surface area contributed by atoms with E-state index in [0.29, 0.717) is 12.1 Å². The molecule has 1 aliphatic rings. The first-order valence-corrected chi connectivity index (χ1v) is 7.67. The Kier molecular flexibility index (Phi) is 3.81. The largest absolute Gasteiger partial charge is 0.305 e. The van der Waals surface area contributed by atoms with Crippen LogP contribution in [0.25, 0.3) is 0 Å². The van der Waals surface area contributed by atoms with Gasteiger partial charge < -0.3 is 5.32 Å². The van der Waals surface area contributed by atoms with Crippen molar-refractivity contribution in [3.63, 3.8) is 0 Å². The highest BCUT2D eigenvalue weighted by Gasteiger charge is 2.23. The molecule has 1 unspecified atom stereocenters. The molecule has 1 aromatic carbocycles. The van der Waals surface area contributed by atoms with Crippen molar-refractivity contribution in [1.82, 2.24) is 10.3 Å². The summed E-state index contributed by atoms with van der Waals surface area (Å²) in [4.78, 5) is 5.98. The Labute approximate surface area is 120 Å². The smallest absolute Gasteiger partial charge is 0.126 e. The quantitative estimate of drug-likeness (QED) is 0.932. The van der Waals surface area contributed by atoms with Crippen LogP contribution in [0.2, 0.25) is 0 Å². The summed E-state index contributed by atoms with van der Waals surface area (Å²) in [5.41, 5.74) is 1.75. The van der Waals surface area contributed by atoms with Crippen LogP contribution in [-0.4, -0.2) is 11.5 Å². The number of thiazole rings is 1. The van der Waals surface area contributed by atoms with Crippen LogP contribution < -0.4 is 5.32 Å². The molecule has 2 aromatic rings. The highest BCUT2D eigenvalue weighted by Crippen LogP contribution is 2.33. The molecule has 1 heterocycles. The lowest BCUT2D eigenvalue weighted by atomic mass is 10.1. The van der Waals surface area contributed by atoms with Crippen LogP contribution in [-0.2, 0) is 12.8 Å². The lowest BCUT2D eigenvalue weighted by Crippen LogP contribution is -2.22. The topological polar surface area (TPSA) is 24.9 Å². The highest BCUT2D eigenvalue weighted by atomic mass is 32.1. The van der Waals surface area contributed by atoms with Crippen LogP contribution in [0.1, 0.15) is 40.5 Å². The summed E-state index contributed by atoms with van der Waals surface area (Å²) < 4.78 is 26.8. The van der Waals surface area contributed by atoms with E-state index in [1.165, 1.54) is 17.0 Å². The molecule has 0 spiro atoms. The standard InChI is InChI=1S/C15H16F2N2S/c1-2-18-14(9-6-10(16)8-11(17)7-9)15-19-12-4-3-5-13(12)20-15/h6-8,14,18H,2-5H2,1H3. The first kappa shape index (κ1) is 13.6. The SMILES string of the molecule is CCNC(c1cc(F)cc(F)c1)c1nc2c(s1)CCC2. The fraction of sp³-hybridized carbons (Fsp3) is 0.400. The maximum Gasteiger partial charge on any atom is 0.126 e. The van der Waals surface area contributed by atoms with Crippen LogP contribution in [0.15, 0.2) is 18.2 Å². The number of nitrogens with zero attached hydrogens (tertiary/aromatic N) is 1. The van der Waals surface area contributed by atoms with Gasteiger partial charge in [-0.1, -0.05) is 6.92 Å². The molecule has 106 valence electrons. The summed E-state index contributed by atoms with van der Waals surface area (Å²) in [6, 6.07) is 3.42. The van der Waals surface area contributed by atoms with Gasteiger partial charge in [-0.15, -0.1) is 11.3 Å². The molecule has 0 amide bonds. The van der Waals surface area contributed by atoms with Gasteiger partial charge in [0.05, 0.1) is 11.7 Å². The molecule has 1 atom stereocenters. The van der Waals surface area contributed by atoms with Crippen molar-refractivity contribution in [2.75, 3.05) is 6.54 Å². The van der Waals surface area contributed by atoms with Crippen LogP contribution in [0.5, 0.6) is 0 Å². The molecule has 0 fully saturated rings. The second kappa shape index (κ2) is 5.58. The van der Waals surface area contributed by atoms with E-state index in [1.807, 2.05) is 6.92 Å². The number of nitrogens with one attached hydrogen (secondary N) is 1. The molecule has 0 aliphatic heterocycles. The average molecular weight is 294 g/mol. The molecule has 1 aromatic heterocycles. The van der Waals surface area contributed by atoms with Gasteiger partial charge in [0.2, 0.25) is 0 Å². The van der Waals surface area contributed by atoms with Gasteiger partial charge in [-0.2, -0.15) is 0 Å². The van der Waals surface area contributed by atoms with E-state index in [0.717, 1.165) is 36.0 Å². The van der Waals surface area contributed by atoms with Crippen molar-refractivity contribution in [1.29, 1.82) is 0 Å². The van der Waals surface area contributed by atoms with Crippen LogP contribution in [0, 0.1) is 11.6 Å². The molecule has 0 radical (unpaired) electrons. The van der Waals surface area contributed by atoms with E-state index in [9.17, 15) is 8.78 Å². The van der Waals surface area contributed by atoms with Gasteiger partial charge in [0, 0.05) is 10.9 Å². The second-order valence-corrected chi connectivity index (χ2v) is 6.08. The molecular weight excluding hydrogens is 278 g/mol. The van der Waals surface area contributed by atoms with Gasteiger partial charge in [0.25, 0.3) is 0 Å². The third kappa shape index (κ3) is 2.60. The molecule has 20 heavy (non-hydrogen) atoms. The van der Waals surface area contributed by atoms with Crippen molar-refractivity contribution in [3.8, 4) is 0 Å². The Bertz CT molecular complexity index is 583. The molecule has 3 rings (SSSR count). The summed E-state index contributed by atoms with van der Waals surface area (Å²) in [5, 5.41) is 4.18. The molecule has 1 aliphatic carbocycles. The number of hydrogen-bond acceptors (Lipinski definition) is 3. The van der Waals surface area contributed by atoms with E-state index in [1.54, 1.807) is 11.3 Å². The lowest BCUT2D eigenvalue weighted by molar-refractivity contribution is 0.564. The van der Waals surface area contributed by atoms with E-state index in [4.69, 9.17) is 0 Å². The van der Waals surface area contributed by atoms with Gasteiger partial charge >= 0.3 is 0 Å². The van der Waals surface area contributed by atoms with E-state index in [2.05, 4.69) is 10.3 Å². The molecule has 1 N–H and O–H groups in total. The fourth-order valence-corrected chi connectivity index (χ4v) is 3.88. The predicted molar refractivity (Wildman–Crippen MR) is 76.0 cm³/mol. The Hall–Kier alpha value is -1.33. The van der Waals surface area contributed by atoms with Crippen molar-refractivity contribution < 1.29 is 8.78 Å². The molecular formula is C15H16F2N2S. The summed E-state index contributed by atoms with van der Waals surface area (Å²) in [5.74, 6) is -1.10. The molecule has 0 saturated carbocycles. The first-order chi connectivity index (χ1) is 9.67. The number of aryl methyl sites for hydroxylation is 2. The summed E-state index contributed by atoms with van der Waals surface area (Å²) in [6.45, 7) is 2.69. The van der Waals surface area contributed by atoms with Crippen molar-refractivity contribution in [2.45, 2.75) is 32.2 Å². The summed E-state index contributed by atoms with van der Waals surface area (Å²) in [6.07, 6.45) is 3.25. The number of rotatable bonds is 4. The van der Waals surface area contributed by atoms with Crippen molar-refractivity contribution in [3.05, 3.63) is 51.0 Å².